The lowest BCUT2D eigenvalue weighted by Crippen LogP contribution is -3.14. The quantitative estimate of drug-likeness (QED) is 0.749. The van der Waals surface area contributed by atoms with Gasteiger partial charge in [0.05, 0.1) is 6.54 Å². The lowest BCUT2D eigenvalue weighted by molar-refractivity contribution is -0.928. The predicted octanol–water partition coefficient (Wildman–Crippen LogP) is 1.64. The molecule has 2 amide bonds. The van der Waals surface area contributed by atoms with Gasteiger partial charge in [-0.2, -0.15) is 0 Å². The second-order valence-corrected chi connectivity index (χ2v) is 8.16. The van der Waals surface area contributed by atoms with E-state index in [-0.39, 0.29) is 11.8 Å². The Bertz CT molecular complexity index is 828. The van der Waals surface area contributed by atoms with Gasteiger partial charge in [0.1, 0.15) is 6.04 Å². The Morgan fingerprint density at radius 1 is 1.27 bits per heavy atom. The van der Waals surface area contributed by atoms with E-state index in [2.05, 4.69) is 22.1 Å². The minimum atomic E-state index is -0.151. The average Bonchev–Trinajstić information content (AvgIpc) is 3.37. The van der Waals surface area contributed by atoms with E-state index in [1.807, 2.05) is 17.4 Å². The molecular weight excluding hydrogens is 346 g/mol. The third-order valence-corrected chi connectivity index (χ3v) is 6.34. The second kappa shape index (κ2) is 7.21. The maximum absolute atomic E-state index is 12.6. The number of hydrogen-bond acceptors (Lipinski definition) is 3. The van der Waals surface area contributed by atoms with Crippen molar-refractivity contribution in [3.63, 3.8) is 0 Å². The molecule has 2 aliphatic rings. The van der Waals surface area contributed by atoms with Crippen LogP contribution in [0.1, 0.15) is 39.7 Å². The Kier molecular flexibility index (Phi) is 4.78. The molecule has 2 atom stereocenters. The molecule has 1 aliphatic carbocycles. The molecule has 1 aliphatic heterocycles. The fourth-order valence-electron chi connectivity index (χ4n) is 3.99. The lowest BCUT2D eigenvalue weighted by Gasteiger charge is -2.32. The number of nitrogens with one attached hydrogen (secondary N) is 3. The van der Waals surface area contributed by atoms with Gasteiger partial charge in [0.2, 0.25) is 0 Å². The van der Waals surface area contributed by atoms with Crippen LogP contribution in [0.2, 0.25) is 0 Å². The van der Waals surface area contributed by atoms with E-state index >= 15 is 0 Å². The maximum atomic E-state index is 12.6. The summed E-state index contributed by atoms with van der Waals surface area (Å²) in [6.07, 6.45) is 3.61. The first-order valence-corrected chi connectivity index (χ1v) is 10.1. The highest BCUT2D eigenvalue weighted by Gasteiger charge is 2.43. The predicted molar refractivity (Wildman–Crippen MR) is 103 cm³/mol. The number of hydrogen-bond donors (Lipinski definition) is 3. The van der Waals surface area contributed by atoms with Gasteiger partial charge in [-0.3, -0.25) is 9.59 Å². The number of carbonyl (C=O) groups is 2. The Labute approximate surface area is 157 Å². The SMILES string of the molecule is CNC(=O)c1cccc(NC(=O)C[NH+]2CCc3sccc3[C@H]2C2CC2)c1. The van der Waals surface area contributed by atoms with E-state index in [1.165, 1.54) is 28.2 Å². The van der Waals surface area contributed by atoms with Gasteiger partial charge in [-0.15, -0.1) is 11.3 Å². The third kappa shape index (κ3) is 3.52. The van der Waals surface area contributed by atoms with Crippen LogP contribution in [0.5, 0.6) is 0 Å². The summed E-state index contributed by atoms with van der Waals surface area (Å²) in [4.78, 5) is 27.3. The third-order valence-electron chi connectivity index (χ3n) is 5.34. The fourth-order valence-corrected chi connectivity index (χ4v) is 4.92. The van der Waals surface area contributed by atoms with Crippen molar-refractivity contribution in [2.75, 3.05) is 25.5 Å². The van der Waals surface area contributed by atoms with Gasteiger partial charge in [-0.1, -0.05) is 6.07 Å². The average molecular weight is 370 g/mol. The molecule has 1 fully saturated rings. The van der Waals surface area contributed by atoms with Gasteiger partial charge < -0.3 is 15.5 Å². The second-order valence-electron chi connectivity index (χ2n) is 7.16. The zero-order valence-electron chi connectivity index (χ0n) is 14.9. The highest BCUT2D eigenvalue weighted by atomic mass is 32.1. The minimum absolute atomic E-state index is 0.0124. The normalized spacial score (nSPS) is 21.7. The maximum Gasteiger partial charge on any atom is 0.279 e. The molecule has 0 saturated heterocycles. The van der Waals surface area contributed by atoms with Gasteiger partial charge in [0.15, 0.2) is 6.54 Å². The Balaban J connectivity index is 1.44. The first kappa shape index (κ1) is 17.2. The van der Waals surface area contributed by atoms with Crippen molar-refractivity contribution in [1.29, 1.82) is 0 Å². The smallest absolute Gasteiger partial charge is 0.279 e. The summed E-state index contributed by atoms with van der Waals surface area (Å²) in [5.41, 5.74) is 2.69. The fraction of sp³-hybridized carbons (Fsp3) is 0.400. The molecule has 2 aromatic rings. The van der Waals surface area contributed by atoms with Gasteiger partial charge in [-0.25, -0.2) is 0 Å². The van der Waals surface area contributed by atoms with Crippen molar-refractivity contribution in [3.8, 4) is 0 Å². The van der Waals surface area contributed by atoms with Crippen LogP contribution in [-0.2, 0) is 11.2 Å². The summed E-state index contributed by atoms with van der Waals surface area (Å²) in [5.74, 6) is 0.586. The van der Waals surface area contributed by atoms with Crippen LogP contribution < -0.4 is 15.5 Å². The van der Waals surface area contributed by atoms with Gasteiger partial charge in [-0.05, 0) is 42.5 Å². The van der Waals surface area contributed by atoms with Crippen LogP contribution in [-0.4, -0.2) is 32.0 Å². The van der Waals surface area contributed by atoms with E-state index in [1.54, 1.807) is 25.2 Å². The zero-order valence-corrected chi connectivity index (χ0v) is 15.7. The molecule has 5 nitrogen and oxygen atoms in total. The van der Waals surface area contributed by atoms with E-state index in [9.17, 15) is 9.59 Å². The van der Waals surface area contributed by atoms with Crippen molar-refractivity contribution in [1.82, 2.24) is 5.32 Å². The van der Waals surface area contributed by atoms with Gasteiger partial charge in [0.25, 0.3) is 11.8 Å². The summed E-state index contributed by atoms with van der Waals surface area (Å²) in [5, 5.41) is 7.76. The molecular formula is C20H24N3O2S+. The molecule has 2 heterocycles. The number of fused-ring (bicyclic) bond motifs is 1. The molecule has 3 N–H and O–H groups in total. The number of thiophene rings is 1. The van der Waals surface area contributed by atoms with Crippen LogP contribution in [0.3, 0.4) is 0 Å². The van der Waals surface area contributed by atoms with Crippen LogP contribution >= 0.6 is 11.3 Å². The molecule has 1 unspecified atom stereocenters. The Morgan fingerprint density at radius 3 is 2.88 bits per heavy atom. The highest BCUT2D eigenvalue weighted by Crippen LogP contribution is 2.42. The molecule has 4 rings (SSSR count). The summed E-state index contributed by atoms with van der Waals surface area (Å²) < 4.78 is 0. The summed E-state index contributed by atoms with van der Waals surface area (Å²) in [7, 11) is 1.60. The van der Waals surface area contributed by atoms with Crippen molar-refractivity contribution in [2.45, 2.75) is 25.3 Å². The van der Waals surface area contributed by atoms with Crippen LogP contribution in [0, 0.1) is 5.92 Å². The minimum Gasteiger partial charge on any atom is -0.355 e. The number of rotatable bonds is 5. The van der Waals surface area contributed by atoms with Crippen molar-refractivity contribution >= 4 is 28.8 Å². The van der Waals surface area contributed by atoms with E-state index in [0.717, 1.165) is 18.9 Å². The monoisotopic (exact) mass is 370 g/mol. The number of anilines is 1. The molecule has 1 aromatic heterocycles. The van der Waals surface area contributed by atoms with Crippen molar-refractivity contribution in [2.24, 2.45) is 5.92 Å². The molecule has 1 saturated carbocycles. The highest BCUT2D eigenvalue weighted by molar-refractivity contribution is 7.10. The van der Waals surface area contributed by atoms with Gasteiger partial charge >= 0.3 is 0 Å². The standard InChI is InChI=1S/C20H23N3O2S/c1-21-20(25)14-3-2-4-15(11-14)22-18(24)12-23-9-7-17-16(8-10-26-17)19(23)13-5-6-13/h2-4,8,10-11,13,19H,5-7,9,12H2,1H3,(H,21,25)(H,22,24)/p+1/t19-/m1/s1. The summed E-state index contributed by atoms with van der Waals surface area (Å²) >= 11 is 1.85. The number of carbonyl (C=O) groups excluding carboxylic acids is 2. The summed E-state index contributed by atoms with van der Waals surface area (Å²) in [6.45, 7) is 1.49. The number of amides is 2. The largest absolute Gasteiger partial charge is 0.355 e. The molecule has 0 spiro atoms. The zero-order chi connectivity index (χ0) is 18.1. The molecule has 1 aromatic carbocycles. The first-order valence-electron chi connectivity index (χ1n) is 9.18. The van der Waals surface area contributed by atoms with Crippen LogP contribution in [0.15, 0.2) is 35.7 Å². The van der Waals surface area contributed by atoms with Crippen LogP contribution in [0.4, 0.5) is 5.69 Å². The molecule has 26 heavy (non-hydrogen) atoms. The van der Waals surface area contributed by atoms with E-state index in [0.29, 0.717) is 23.8 Å². The van der Waals surface area contributed by atoms with Crippen LogP contribution in [0.25, 0.3) is 0 Å². The van der Waals surface area contributed by atoms with E-state index in [4.69, 9.17) is 0 Å². The molecule has 136 valence electrons. The molecule has 0 bridgehead atoms. The topological polar surface area (TPSA) is 62.6 Å². The van der Waals surface area contributed by atoms with E-state index < -0.39 is 0 Å². The summed E-state index contributed by atoms with van der Waals surface area (Å²) in [6, 6.07) is 9.80. The number of quaternary nitrogens is 1. The number of benzene rings is 1. The Morgan fingerprint density at radius 2 is 2.12 bits per heavy atom. The molecule has 6 heteroatoms. The Hall–Kier alpha value is -2.18. The van der Waals surface area contributed by atoms with Crippen molar-refractivity contribution in [3.05, 3.63) is 51.7 Å². The first-order chi connectivity index (χ1) is 12.7. The van der Waals surface area contributed by atoms with Gasteiger partial charge in [0, 0.05) is 41.1 Å². The lowest BCUT2D eigenvalue weighted by atomic mass is 9.96. The van der Waals surface area contributed by atoms with Crippen molar-refractivity contribution < 1.29 is 14.5 Å². The molecule has 0 radical (unpaired) electrons.